The number of aliphatic carboxylic acids is 1. The van der Waals surface area contributed by atoms with Crippen LogP contribution < -0.4 is 10.6 Å². The highest BCUT2D eigenvalue weighted by Gasteiger charge is 2.18. The molecule has 0 saturated carbocycles. The highest BCUT2D eigenvalue weighted by Crippen LogP contribution is 1.95. The Balaban J connectivity index is 2.39. The van der Waals surface area contributed by atoms with Gasteiger partial charge >= 0.3 is 12.0 Å². The number of hydrogen-bond donors (Lipinski definition) is 4. The number of nitrogens with zero attached hydrogens (tertiary/aromatic N) is 1. The number of carbonyl (C=O) groups excluding carboxylic acids is 1. The molecule has 0 saturated heterocycles. The molecule has 0 aliphatic carbocycles. The highest BCUT2D eigenvalue weighted by atomic mass is 16.4. The Morgan fingerprint density at radius 2 is 2.00 bits per heavy atom. The molecule has 1 rings (SSSR count). The van der Waals surface area contributed by atoms with Crippen LogP contribution in [0, 0.1) is 0 Å². The lowest BCUT2D eigenvalue weighted by Crippen LogP contribution is -2.46. The van der Waals surface area contributed by atoms with Crippen LogP contribution in [0.2, 0.25) is 0 Å². The Morgan fingerprint density at radius 1 is 1.33 bits per heavy atom. The molecular formula is C11H15N3O4. The molecular weight excluding hydrogens is 238 g/mol. The standard InChI is InChI=1S/C11H15N3O4/c15-6-3-9(10(16)17)14-11(18)13-7-8-1-4-12-5-2-8/h1-2,4-5,9,15H,3,6-7H2,(H,16,17)(H2,13,14,18)/t9-/m1/s1. The molecule has 18 heavy (non-hydrogen) atoms. The molecule has 1 heterocycles. The van der Waals surface area contributed by atoms with Gasteiger partial charge in [-0.05, 0) is 17.7 Å². The van der Waals surface area contributed by atoms with Gasteiger partial charge < -0.3 is 20.8 Å². The fourth-order valence-corrected chi connectivity index (χ4v) is 1.28. The second-order valence-corrected chi connectivity index (χ2v) is 3.59. The summed E-state index contributed by atoms with van der Waals surface area (Å²) in [6.45, 7) is -0.0264. The maximum Gasteiger partial charge on any atom is 0.326 e. The zero-order valence-electron chi connectivity index (χ0n) is 9.67. The van der Waals surface area contributed by atoms with E-state index in [1.807, 2.05) is 0 Å². The predicted molar refractivity (Wildman–Crippen MR) is 62.7 cm³/mol. The van der Waals surface area contributed by atoms with Crippen LogP contribution >= 0.6 is 0 Å². The smallest absolute Gasteiger partial charge is 0.326 e. The van der Waals surface area contributed by atoms with E-state index in [-0.39, 0.29) is 19.6 Å². The van der Waals surface area contributed by atoms with Gasteiger partial charge in [-0.1, -0.05) is 0 Å². The first-order valence-electron chi connectivity index (χ1n) is 5.40. The minimum Gasteiger partial charge on any atom is -0.480 e. The maximum atomic E-state index is 11.4. The van der Waals surface area contributed by atoms with E-state index in [1.165, 1.54) is 0 Å². The molecule has 0 aromatic carbocycles. The summed E-state index contributed by atoms with van der Waals surface area (Å²) in [6, 6.07) is 1.80. The SMILES string of the molecule is O=C(NCc1ccncc1)N[C@H](CCO)C(=O)O. The van der Waals surface area contributed by atoms with Crippen molar-refractivity contribution in [2.75, 3.05) is 6.61 Å². The monoisotopic (exact) mass is 253 g/mol. The molecule has 98 valence electrons. The van der Waals surface area contributed by atoms with E-state index in [0.717, 1.165) is 5.56 Å². The van der Waals surface area contributed by atoms with Gasteiger partial charge in [0.1, 0.15) is 6.04 Å². The van der Waals surface area contributed by atoms with E-state index >= 15 is 0 Å². The van der Waals surface area contributed by atoms with E-state index < -0.39 is 18.0 Å². The van der Waals surface area contributed by atoms with Crippen molar-refractivity contribution in [3.05, 3.63) is 30.1 Å². The molecule has 0 unspecified atom stereocenters. The van der Waals surface area contributed by atoms with Crippen LogP contribution in [0.4, 0.5) is 4.79 Å². The van der Waals surface area contributed by atoms with Crippen LogP contribution in [0.1, 0.15) is 12.0 Å². The van der Waals surface area contributed by atoms with Gasteiger partial charge in [0, 0.05) is 32.0 Å². The van der Waals surface area contributed by atoms with E-state index in [2.05, 4.69) is 15.6 Å². The van der Waals surface area contributed by atoms with E-state index in [4.69, 9.17) is 10.2 Å². The third kappa shape index (κ3) is 4.79. The zero-order chi connectivity index (χ0) is 13.4. The summed E-state index contributed by atoms with van der Waals surface area (Å²) in [5.74, 6) is -1.18. The summed E-state index contributed by atoms with van der Waals surface area (Å²) in [7, 11) is 0. The van der Waals surface area contributed by atoms with Gasteiger partial charge in [-0.3, -0.25) is 4.98 Å². The molecule has 0 aliphatic heterocycles. The summed E-state index contributed by atoms with van der Waals surface area (Å²) < 4.78 is 0. The minimum absolute atomic E-state index is 0.0298. The van der Waals surface area contributed by atoms with E-state index in [0.29, 0.717) is 0 Å². The summed E-state index contributed by atoms with van der Waals surface area (Å²) >= 11 is 0. The minimum atomic E-state index is -1.18. The van der Waals surface area contributed by atoms with Crippen molar-refractivity contribution < 1.29 is 19.8 Å². The summed E-state index contributed by atoms with van der Waals surface area (Å²) in [5, 5.41) is 22.2. The Bertz CT molecular complexity index is 397. The van der Waals surface area contributed by atoms with Crippen molar-refractivity contribution >= 4 is 12.0 Å². The van der Waals surface area contributed by atoms with E-state index in [1.54, 1.807) is 24.5 Å². The number of amides is 2. The number of urea groups is 1. The van der Waals surface area contributed by atoms with Gasteiger partial charge in [-0.15, -0.1) is 0 Å². The van der Waals surface area contributed by atoms with Crippen LogP contribution in [-0.2, 0) is 11.3 Å². The van der Waals surface area contributed by atoms with Crippen LogP contribution in [0.25, 0.3) is 0 Å². The van der Waals surface area contributed by atoms with Crippen molar-refractivity contribution in [3.8, 4) is 0 Å². The molecule has 0 spiro atoms. The predicted octanol–water partition coefficient (Wildman–Crippen LogP) is -0.284. The van der Waals surface area contributed by atoms with Gasteiger partial charge in [-0.25, -0.2) is 9.59 Å². The number of aromatic nitrogens is 1. The quantitative estimate of drug-likeness (QED) is 0.557. The number of nitrogens with one attached hydrogen (secondary N) is 2. The lowest BCUT2D eigenvalue weighted by Gasteiger charge is -2.13. The van der Waals surface area contributed by atoms with Crippen molar-refractivity contribution in [2.45, 2.75) is 19.0 Å². The van der Waals surface area contributed by atoms with Crippen LogP contribution in [0.15, 0.2) is 24.5 Å². The number of pyridine rings is 1. The first-order chi connectivity index (χ1) is 8.63. The van der Waals surface area contributed by atoms with Crippen LogP contribution in [0.5, 0.6) is 0 Å². The second-order valence-electron chi connectivity index (χ2n) is 3.59. The molecule has 0 bridgehead atoms. The number of aliphatic hydroxyl groups is 1. The number of rotatable bonds is 6. The highest BCUT2D eigenvalue weighted by molar-refractivity contribution is 5.82. The summed E-state index contributed by atoms with van der Waals surface area (Å²) in [4.78, 5) is 26.0. The number of hydrogen-bond acceptors (Lipinski definition) is 4. The lowest BCUT2D eigenvalue weighted by molar-refractivity contribution is -0.139. The lowest BCUT2D eigenvalue weighted by atomic mass is 10.2. The third-order valence-electron chi connectivity index (χ3n) is 2.22. The van der Waals surface area contributed by atoms with Crippen molar-refractivity contribution in [2.24, 2.45) is 0 Å². The molecule has 1 aromatic rings. The first-order valence-corrected chi connectivity index (χ1v) is 5.40. The van der Waals surface area contributed by atoms with Gasteiger partial charge in [0.2, 0.25) is 0 Å². The Kier molecular flexibility index (Phi) is 5.59. The van der Waals surface area contributed by atoms with Gasteiger partial charge in [0.05, 0.1) is 0 Å². The molecule has 1 atom stereocenters. The molecule has 1 aromatic heterocycles. The van der Waals surface area contributed by atoms with Crippen molar-refractivity contribution in [1.82, 2.24) is 15.6 Å². The summed E-state index contributed by atoms with van der Waals surface area (Å²) in [6.07, 6.45) is 3.17. The van der Waals surface area contributed by atoms with Crippen LogP contribution in [-0.4, -0.2) is 39.8 Å². The summed E-state index contributed by atoms with van der Waals surface area (Å²) in [5.41, 5.74) is 0.856. The van der Waals surface area contributed by atoms with Crippen molar-refractivity contribution in [3.63, 3.8) is 0 Å². The number of aliphatic hydroxyl groups excluding tert-OH is 1. The molecule has 7 nitrogen and oxygen atoms in total. The molecule has 2 amide bonds. The third-order valence-corrected chi connectivity index (χ3v) is 2.22. The number of carbonyl (C=O) groups is 2. The first kappa shape index (κ1) is 13.9. The topological polar surface area (TPSA) is 112 Å². The molecule has 0 fully saturated rings. The Hall–Kier alpha value is -2.15. The van der Waals surface area contributed by atoms with Crippen molar-refractivity contribution in [1.29, 1.82) is 0 Å². The van der Waals surface area contributed by atoms with Gasteiger partial charge in [0.25, 0.3) is 0 Å². The molecule has 0 radical (unpaired) electrons. The Morgan fingerprint density at radius 3 is 2.56 bits per heavy atom. The average molecular weight is 253 g/mol. The average Bonchev–Trinajstić information content (AvgIpc) is 2.37. The van der Waals surface area contributed by atoms with Crippen LogP contribution in [0.3, 0.4) is 0 Å². The number of carboxylic acid groups (broad SMARTS) is 1. The largest absolute Gasteiger partial charge is 0.480 e. The maximum absolute atomic E-state index is 11.4. The zero-order valence-corrected chi connectivity index (χ0v) is 9.67. The fourth-order valence-electron chi connectivity index (χ4n) is 1.28. The van der Waals surface area contributed by atoms with Gasteiger partial charge in [0.15, 0.2) is 0 Å². The molecule has 7 heteroatoms. The van der Waals surface area contributed by atoms with E-state index in [9.17, 15) is 9.59 Å². The normalized spacial score (nSPS) is 11.6. The second kappa shape index (κ2) is 7.23. The molecule has 0 aliphatic rings. The molecule has 4 N–H and O–H groups in total. The van der Waals surface area contributed by atoms with Gasteiger partial charge in [-0.2, -0.15) is 0 Å². The Labute approximate surface area is 104 Å². The number of carboxylic acids is 1. The fraction of sp³-hybridized carbons (Fsp3) is 0.364.